The Balaban J connectivity index is 2.22. The second-order valence-electron chi connectivity index (χ2n) is 3.55. The first-order valence-electron chi connectivity index (χ1n) is 4.99. The number of aryl methyl sites for hydroxylation is 1. The molecule has 0 bridgehead atoms. The molecule has 0 aliphatic carbocycles. The van der Waals surface area contributed by atoms with Crippen molar-refractivity contribution in [2.45, 2.75) is 12.1 Å². The molecule has 1 heterocycles. The van der Waals surface area contributed by atoms with Crippen LogP contribution in [0.1, 0.15) is 0 Å². The molecule has 2 aromatic rings. The SMILES string of the molecule is Nc1nc2ccc(Br)cc2n1CCSC(F)(F)F. The monoisotopic (exact) mass is 339 g/mol. The van der Waals surface area contributed by atoms with Gasteiger partial charge >= 0.3 is 5.51 Å². The number of thioether (sulfide) groups is 1. The van der Waals surface area contributed by atoms with Gasteiger partial charge in [0, 0.05) is 16.8 Å². The molecule has 0 spiro atoms. The highest BCUT2D eigenvalue weighted by Gasteiger charge is 2.27. The zero-order chi connectivity index (χ0) is 13.3. The molecule has 0 unspecified atom stereocenters. The van der Waals surface area contributed by atoms with Crippen LogP contribution in [0.3, 0.4) is 0 Å². The summed E-state index contributed by atoms with van der Waals surface area (Å²) in [6.07, 6.45) is 0. The largest absolute Gasteiger partial charge is 0.441 e. The summed E-state index contributed by atoms with van der Waals surface area (Å²) in [5.41, 5.74) is 2.88. The van der Waals surface area contributed by atoms with E-state index in [1.807, 2.05) is 6.07 Å². The van der Waals surface area contributed by atoms with E-state index >= 15 is 0 Å². The number of nitrogens with zero attached hydrogens (tertiary/aromatic N) is 2. The van der Waals surface area contributed by atoms with Crippen LogP contribution in [-0.4, -0.2) is 20.8 Å². The van der Waals surface area contributed by atoms with Crippen LogP contribution >= 0.6 is 27.7 Å². The molecule has 0 aliphatic heterocycles. The lowest BCUT2D eigenvalue weighted by atomic mass is 10.3. The zero-order valence-corrected chi connectivity index (χ0v) is 11.4. The summed E-state index contributed by atoms with van der Waals surface area (Å²) in [4.78, 5) is 4.10. The average molecular weight is 340 g/mol. The standard InChI is InChI=1S/C10H9BrF3N3S/c11-6-1-2-7-8(5-6)17(9(15)16-7)3-4-18-10(12,13)14/h1-2,5H,3-4H2,(H2,15,16). The third kappa shape index (κ3) is 3.11. The van der Waals surface area contributed by atoms with Crippen LogP contribution in [-0.2, 0) is 6.54 Å². The Morgan fingerprint density at radius 1 is 1.39 bits per heavy atom. The Hall–Kier alpha value is -0.890. The number of rotatable bonds is 3. The molecule has 1 aromatic heterocycles. The smallest absolute Gasteiger partial charge is 0.369 e. The summed E-state index contributed by atoms with van der Waals surface area (Å²) in [7, 11) is 0. The molecule has 0 radical (unpaired) electrons. The molecule has 3 nitrogen and oxygen atoms in total. The van der Waals surface area contributed by atoms with E-state index in [-0.39, 0.29) is 30.0 Å². The van der Waals surface area contributed by atoms with Crippen molar-refractivity contribution in [3.63, 3.8) is 0 Å². The number of halogens is 4. The van der Waals surface area contributed by atoms with Crippen LogP contribution < -0.4 is 5.73 Å². The van der Waals surface area contributed by atoms with Gasteiger partial charge in [-0.15, -0.1) is 0 Å². The van der Waals surface area contributed by atoms with Crippen molar-refractivity contribution in [2.24, 2.45) is 0 Å². The van der Waals surface area contributed by atoms with Gasteiger partial charge in [0.05, 0.1) is 11.0 Å². The minimum absolute atomic E-state index is 0.0626. The Labute approximate surface area is 114 Å². The van der Waals surface area contributed by atoms with Crippen LogP contribution in [0.2, 0.25) is 0 Å². The number of hydrogen-bond acceptors (Lipinski definition) is 3. The number of fused-ring (bicyclic) bond motifs is 1. The quantitative estimate of drug-likeness (QED) is 0.928. The van der Waals surface area contributed by atoms with Crippen molar-refractivity contribution in [3.05, 3.63) is 22.7 Å². The number of nitrogen functional groups attached to an aromatic ring is 1. The second kappa shape index (κ2) is 5.00. The number of nitrogens with two attached hydrogens (primary N) is 1. The molecule has 0 saturated heterocycles. The van der Waals surface area contributed by atoms with Gasteiger partial charge in [-0.25, -0.2) is 4.98 Å². The molecular formula is C10H9BrF3N3S. The second-order valence-corrected chi connectivity index (χ2v) is 5.62. The summed E-state index contributed by atoms with van der Waals surface area (Å²) < 4.78 is 38.6. The highest BCUT2D eigenvalue weighted by molar-refractivity contribution is 9.10. The fraction of sp³-hybridized carbons (Fsp3) is 0.300. The van der Waals surface area contributed by atoms with E-state index in [9.17, 15) is 13.2 Å². The normalized spacial score (nSPS) is 12.2. The molecule has 0 aliphatic rings. The van der Waals surface area contributed by atoms with Gasteiger partial charge in [-0.3, -0.25) is 0 Å². The summed E-state index contributed by atoms with van der Waals surface area (Å²) in [6, 6.07) is 5.36. The van der Waals surface area contributed by atoms with Gasteiger partial charge in [-0.1, -0.05) is 15.9 Å². The highest BCUT2D eigenvalue weighted by atomic mass is 79.9. The Kier molecular flexibility index (Phi) is 3.76. The van der Waals surface area contributed by atoms with E-state index < -0.39 is 5.51 Å². The van der Waals surface area contributed by atoms with Crippen molar-refractivity contribution < 1.29 is 13.2 Å². The van der Waals surface area contributed by atoms with E-state index in [0.717, 1.165) is 9.99 Å². The van der Waals surface area contributed by atoms with Crippen molar-refractivity contribution in [2.75, 3.05) is 11.5 Å². The molecule has 2 N–H and O–H groups in total. The fourth-order valence-corrected chi connectivity index (χ4v) is 2.46. The van der Waals surface area contributed by atoms with Crippen LogP contribution in [0.25, 0.3) is 11.0 Å². The lowest BCUT2D eigenvalue weighted by Crippen LogP contribution is -2.09. The number of aromatic nitrogens is 2. The van der Waals surface area contributed by atoms with Crippen molar-refractivity contribution >= 4 is 44.7 Å². The van der Waals surface area contributed by atoms with Gasteiger partial charge < -0.3 is 10.3 Å². The van der Waals surface area contributed by atoms with Crippen LogP contribution in [0.5, 0.6) is 0 Å². The molecule has 18 heavy (non-hydrogen) atoms. The summed E-state index contributed by atoms with van der Waals surface area (Å²) in [6.45, 7) is 0.170. The molecule has 1 aromatic carbocycles. The van der Waals surface area contributed by atoms with Gasteiger partial charge in [0.1, 0.15) is 0 Å². The molecule has 0 atom stereocenters. The van der Waals surface area contributed by atoms with Gasteiger partial charge in [0.25, 0.3) is 0 Å². The number of imidazole rings is 1. The molecule has 98 valence electrons. The van der Waals surface area contributed by atoms with Crippen LogP contribution in [0.4, 0.5) is 19.1 Å². The first-order chi connectivity index (χ1) is 8.37. The number of hydrogen-bond donors (Lipinski definition) is 1. The van der Waals surface area contributed by atoms with Crippen molar-refractivity contribution in [1.29, 1.82) is 0 Å². The predicted molar refractivity (Wildman–Crippen MR) is 70.4 cm³/mol. The minimum atomic E-state index is -4.22. The maximum absolute atomic E-state index is 12.1. The summed E-state index contributed by atoms with van der Waals surface area (Å²) >= 11 is 3.25. The van der Waals surface area contributed by atoms with Gasteiger partial charge in [-0.05, 0) is 30.0 Å². The third-order valence-corrected chi connectivity index (χ3v) is 3.53. The van der Waals surface area contributed by atoms with Crippen LogP contribution in [0, 0.1) is 0 Å². The predicted octanol–water partition coefficient (Wildman–Crippen LogP) is 3.63. The zero-order valence-electron chi connectivity index (χ0n) is 9.04. The first kappa shape index (κ1) is 13.5. The Bertz CT molecular complexity index is 567. The average Bonchev–Trinajstić information content (AvgIpc) is 2.54. The Morgan fingerprint density at radius 2 is 2.11 bits per heavy atom. The van der Waals surface area contributed by atoms with Crippen LogP contribution in [0.15, 0.2) is 22.7 Å². The molecule has 2 rings (SSSR count). The van der Waals surface area contributed by atoms with E-state index in [4.69, 9.17) is 5.73 Å². The minimum Gasteiger partial charge on any atom is -0.369 e. The maximum atomic E-state index is 12.1. The molecule has 0 fully saturated rings. The molecule has 8 heteroatoms. The molecular weight excluding hydrogens is 331 g/mol. The topological polar surface area (TPSA) is 43.8 Å². The van der Waals surface area contributed by atoms with Gasteiger partial charge in [-0.2, -0.15) is 13.2 Å². The van der Waals surface area contributed by atoms with E-state index in [2.05, 4.69) is 20.9 Å². The molecule has 0 saturated carbocycles. The van der Waals surface area contributed by atoms with Crippen molar-refractivity contribution in [1.82, 2.24) is 9.55 Å². The van der Waals surface area contributed by atoms with Crippen molar-refractivity contribution in [3.8, 4) is 0 Å². The highest BCUT2D eigenvalue weighted by Crippen LogP contribution is 2.31. The van der Waals surface area contributed by atoms with E-state index in [1.165, 1.54) is 0 Å². The first-order valence-corrected chi connectivity index (χ1v) is 6.76. The maximum Gasteiger partial charge on any atom is 0.441 e. The third-order valence-electron chi connectivity index (χ3n) is 2.32. The fourth-order valence-electron chi connectivity index (χ4n) is 1.60. The van der Waals surface area contributed by atoms with E-state index in [0.29, 0.717) is 5.52 Å². The molecule has 0 amide bonds. The lowest BCUT2D eigenvalue weighted by molar-refractivity contribution is -0.0328. The summed E-state index contributed by atoms with van der Waals surface area (Å²) in [5, 5.41) is 0. The Morgan fingerprint density at radius 3 is 2.78 bits per heavy atom. The number of benzene rings is 1. The lowest BCUT2D eigenvalue weighted by Gasteiger charge is -2.08. The summed E-state index contributed by atoms with van der Waals surface area (Å²) in [5.74, 6) is 0.136. The number of anilines is 1. The van der Waals surface area contributed by atoms with Gasteiger partial charge in [0.15, 0.2) is 0 Å². The number of alkyl halides is 3. The van der Waals surface area contributed by atoms with E-state index in [1.54, 1.807) is 16.7 Å². The van der Waals surface area contributed by atoms with Gasteiger partial charge in [0.2, 0.25) is 5.95 Å².